The normalized spacial score (nSPS) is 10.8. The standard InChI is InChI=1S/C25H20O3/c1-3-18-9-11-19(12-10-18)16-27-23-14-13-21-22(20-7-5-4-6-8-20)15-24(26)28-25(21)17(23)2/h3-15H,1,16H2,2H3. The third-order valence-electron chi connectivity index (χ3n) is 4.81. The van der Waals surface area contributed by atoms with Gasteiger partial charge < -0.3 is 9.15 Å². The third kappa shape index (κ3) is 3.47. The van der Waals surface area contributed by atoms with Crippen LogP contribution in [0.3, 0.4) is 0 Å². The first-order chi connectivity index (χ1) is 13.7. The van der Waals surface area contributed by atoms with Crippen molar-refractivity contribution in [1.82, 2.24) is 0 Å². The molecular formula is C25H20O3. The highest BCUT2D eigenvalue weighted by atomic mass is 16.5. The van der Waals surface area contributed by atoms with Gasteiger partial charge in [-0.1, -0.05) is 67.3 Å². The molecule has 3 heteroatoms. The fourth-order valence-corrected chi connectivity index (χ4v) is 3.27. The Kier molecular flexibility index (Phi) is 4.81. The highest BCUT2D eigenvalue weighted by Crippen LogP contribution is 2.33. The van der Waals surface area contributed by atoms with E-state index < -0.39 is 0 Å². The Morgan fingerprint density at radius 3 is 2.46 bits per heavy atom. The molecule has 1 heterocycles. The number of hydrogen-bond donors (Lipinski definition) is 0. The number of rotatable bonds is 5. The SMILES string of the molecule is C=Cc1ccc(COc2ccc3c(-c4ccccc4)cc(=O)oc3c2C)cc1. The maximum atomic E-state index is 12.2. The first kappa shape index (κ1) is 17.8. The number of ether oxygens (including phenoxy) is 1. The van der Waals surface area contributed by atoms with Crippen LogP contribution in [0, 0.1) is 6.92 Å². The second-order valence-corrected chi connectivity index (χ2v) is 6.64. The lowest BCUT2D eigenvalue weighted by atomic mass is 10.0. The molecule has 0 aliphatic heterocycles. The fraction of sp³-hybridized carbons (Fsp3) is 0.0800. The summed E-state index contributed by atoms with van der Waals surface area (Å²) in [6.45, 7) is 6.11. The van der Waals surface area contributed by atoms with Gasteiger partial charge in [0.2, 0.25) is 0 Å². The maximum Gasteiger partial charge on any atom is 0.336 e. The van der Waals surface area contributed by atoms with Crippen molar-refractivity contribution in [2.24, 2.45) is 0 Å². The van der Waals surface area contributed by atoms with E-state index in [0.717, 1.165) is 33.2 Å². The molecule has 0 aliphatic rings. The minimum absolute atomic E-state index is 0.369. The molecule has 0 bridgehead atoms. The highest BCUT2D eigenvalue weighted by Gasteiger charge is 2.13. The predicted molar refractivity (Wildman–Crippen MR) is 114 cm³/mol. The van der Waals surface area contributed by atoms with Crippen molar-refractivity contribution < 1.29 is 9.15 Å². The average molecular weight is 368 g/mol. The van der Waals surface area contributed by atoms with E-state index in [1.165, 1.54) is 0 Å². The zero-order valence-electron chi connectivity index (χ0n) is 15.6. The van der Waals surface area contributed by atoms with Gasteiger partial charge in [-0.15, -0.1) is 0 Å². The van der Waals surface area contributed by atoms with E-state index in [1.54, 1.807) is 6.07 Å². The highest BCUT2D eigenvalue weighted by molar-refractivity contribution is 5.95. The summed E-state index contributed by atoms with van der Waals surface area (Å²) in [7, 11) is 0. The molecule has 0 spiro atoms. The van der Waals surface area contributed by atoms with Gasteiger partial charge in [-0.05, 0) is 41.3 Å². The topological polar surface area (TPSA) is 39.4 Å². The monoisotopic (exact) mass is 368 g/mol. The summed E-state index contributed by atoms with van der Waals surface area (Å²) >= 11 is 0. The van der Waals surface area contributed by atoms with Crippen molar-refractivity contribution in [3.63, 3.8) is 0 Å². The van der Waals surface area contributed by atoms with Gasteiger partial charge >= 0.3 is 5.63 Å². The van der Waals surface area contributed by atoms with Gasteiger partial charge in [0.25, 0.3) is 0 Å². The molecule has 0 N–H and O–H groups in total. The average Bonchev–Trinajstić information content (AvgIpc) is 2.74. The van der Waals surface area contributed by atoms with Crippen LogP contribution < -0.4 is 10.4 Å². The number of fused-ring (bicyclic) bond motifs is 1. The predicted octanol–water partition coefficient (Wildman–Crippen LogP) is 5.99. The molecule has 0 amide bonds. The van der Waals surface area contributed by atoms with Crippen LogP contribution in [0.15, 0.2) is 88.6 Å². The van der Waals surface area contributed by atoms with Gasteiger partial charge in [0.15, 0.2) is 0 Å². The lowest BCUT2D eigenvalue weighted by molar-refractivity contribution is 0.304. The Hall–Kier alpha value is -3.59. The molecule has 0 saturated carbocycles. The molecule has 0 atom stereocenters. The second kappa shape index (κ2) is 7.57. The first-order valence-corrected chi connectivity index (χ1v) is 9.13. The van der Waals surface area contributed by atoms with Crippen LogP contribution in [-0.4, -0.2) is 0 Å². The molecule has 0 saturated heterocycles. The Morgan fingerprint density at radius 2 is 1.75 bits per heavy atom. The summed E-state index contributed by atoms with van der Waals surface area (Å²) in [5, 5.41) is 0.894. The molecule has 0 radical (unpaired) electrons. The molecule has 4 rings (SSSR count). The second-order valence-electron chi connectivity index (χ2n) is 6.64. The maximum absolute atomic E-state index is 12.2. The fourth-order valence-electron chi connectivity index (χ4n) is 3.27. The molecule has 0 unspecified atom stereocenters. The van der Waals surface area contributed by atoms with Crippen molar-refractivity contribution in [3.05, 3.63) is 106 Å². The Labute approximate surface area is 163 Å². The van der Waals surface area contributed by atoms with Crippen LogP contribution in [0.2, 0.25) is 0 Å². The van der Waals surface area contributed by atoms with Crippen LogP contribution in [0.5, 0.6) is 5.75 Å². The van der Waals surface area contributed by atoms with Gasteiger partial charge in [0.05, 0.1) is 0 Å². The van der Waals surface area contributed by atoms with Crippen molar-refractivity contribution in [2.45, 2.75) is 13.5 Å². The zero-order chi connectivity index (χ0) is 19.5. The van der Waals surface area contributed by atoms with Crippen LogP contribution in [-0.2, 0) is 6.61 Å². The summed E-state index contributed by atoms with van der Waals surface area (Å²) in [6.07, 6.45) is 1.81. The van der Waals surface area contributed by atoms with Gasteiger partial charge in [-0.3, -0.25) is 0 Å². The number of hydrogen-bond acceptors (Lipinski definition) is 3. The van der Waals surface area contributed by atoms with E-state index in [1.807, 2.05) is 79.7 Å². The first-order valence-electron chi connectivity index (χ1n) is 9.13. The molecular weight excluding hydrogens is 348 g/mol. The Balaban J connectivity index is 1.70. The summed E-state index contributed by atoms with van der Waals surface area (Å²) in [5.74, 6) is 0.702. The Morgan fingerprint density at radius 1 is 1.00 bits per heavy atom. The smallest absolute Gasteiger partial charge is 0.336 e. The quantitative estimate of drug-likeness (QED) is 0.406. The molecule has 0 aliphatic carbocycles. The van der Waals surface area contributed by atoms with Gasteiger partial charge in [0, 0.05) is 17.0 Å². The molecule has 0 fully saturated rings. The van der Waals surface area contributed by atoms with Gasteiger partial charge in [-0.2, -0.15) is 0 Å². The van der Waals surface area contributed by atoms with Gasteiger partial charge in [0.1, 0.15) is 17.9 Å². The molecule has 138 valence electrons. The van der Waals surface area contributed by atoms with E-state index in [0.29, 0.717) is 17.9 Å². The molecule has 28 heavy (non-hydrogen) atoms. The minimum atomic E-state index is -0.369. The summed E-state index contributed by atoms with van der Waals surface area (Å²) in [6, 6.07) is 23.3. The lowest BCUT2D eigenvalue weighted by Crippen LogP contribution is -2.01. The number of aryl methyl sites for hydroxylation is 1. The van der Waals surface area contributed by atoms with Gasteiger partial charge in [-0.25, -0.2) is 4.79 Å². The number of benzene rings is 3. The molecule has 4 aromatic rings. The van der Waals surface area contributed by atoms with Crippen LogP contribution >= 0.6 is 0 Å². The van der Waals surface area contributed by atoms with E-state index >= 15 is 0 Å². The lowest BCUT2D eigenvalue weighted by Gasteiger charge is -2.13. The summed E-state index contributed by atoms with van der Waals surface area (Å²) in [4.78, 5) is 12.2. The van der Waals surface area contributed by atoms with E-state index in [-0.39, 0.29) is 5.63 Å². The van der Waals surface area contributed by atoms with Crippen molar-refractivity contribution in [3.8, 4) is 16.9 Å². The zero-order valence-corrected chi connectivity index (χ0v) is 15.6. The third-order valence-corrected chi connectivity index (χ3v) is 4.81. The van der Waals surface area contributed by atoms with Crippen LogP contribution in [0.4, 0.5) is 0 Å². The molecule has 3 nitrogen and oxygen atoms in total. The summed E-state index contributed by atoms with van der Waals surface area (Å²) < 4.78 is 11.5. The van der Waals surface area contributed by atoms with Crippen molar-refractivity contribution in [1.29, 1.82) is 0 Å². The molecule has 3 aromatic carbocycles. The largest absolute Gasteiger partial charge is 0.488 e. The Bertz CT molecular complexity index is 1190. The van der Waals surface area contributed by atoms with Crippen LogP contribution in [0.25, 0.3) is 28.2 Å². The van der Waals surface area contributed by atoms with Crippen molar-refractivity contribution in [2.75, 3.05) is 0 Å². The van der Waals surface area contributed by atoms with E-state index in [2.05, 4.69) is 6.58 Å². The summed E-state index contributed by atoms with van der Waals surface area (Å²) in [5.41, 5.74) is 4.98. The molecule has 1 aromatic heterocycles. The minimum Gasteiger partial charge on any atom is -0.488 e. The van der Waals surface area contributed by atoms with E-state index in [9.17, 15) is 4.79 Å². The van der Waals surface area contributed by atoms with E-state index in [4.69, 9.17) is 9.15 Å². The van der Waals surface area contributed by atoms with Crippen LogP contribution in [0.1, 0.15) is 16.7 Å². The van der Waals surface area contributed by atoms with Crippen molar-refractivity contribution >= 4 is 17.0 Å².